The van der Waals surface area contributed by atoms with Gasteiger partial charge in [-0.3, -0.25) is 0 Å². The predicted octanol–water partition coefficient (Wildman–Crippen LogP) is 0.976. The standard InChI is InChI=1S/C17H29N5O3S/c1-26(24,25)22-7-2-3-16(13-22)11-19-17(23)21-8-4-15(5-9-21)12-20-10-6-18-14-20/h6,10,14-16H,2-5,7-9,11-13H2,1H3,(H,19,23)/t16-/m0/s1. The Balaban J connectivity index is 1.39. The minimum absolute atomic E-state index is 0.0254. The Morgan fingerprint density at radius 2 is 1.96 bits per heavy atom. The summed E-state index contributed by atoms with van der Waals surface area (Å²) < 4.78 is 27.0. The zero-order valence-electron chi connectivity index (χ0n) is 15.4. The van der Waals surface area contributed by atoms with Crippen molar-refractivity contribution in [2.45, 2.75) is 32.2 Å². The second-order valence-corrected chi connectivity index (χ2v) is 9.49. The van der Waals surface area contributed by atoms with E-state index in [0.717, 1.165) is 45.3 Å². The van der Waals surface area contributed by atoms with Crippen molar-refractivity contribution in [3.63, 3.8) is 0 Å². The molecule has 1 aromatic heterocycles. The zero-order chi connectivity index (χ0) is 18.6. The largest absolute Gasteiger partial charge is 0.338 e. The van der Waals surface area contributed by atoms with Crippen LogP contribution in [0.5, 0.6) is 0 Å². The number of rotatable bonds is 5. The molecular weight excluding hydrogens is 354 g/mol. The number of aromatic nitrogens is 2. The molecule has 1 aromatic rings. The van der Waals surface area contributed by atoms with Crippen LogP contribution in [0.3, 0.4) is 0 Å². The monoisotopic (exact) mass is 383 g/mol. The topological polar surface area (TPSA) is 87.5 Å². The van der Waals surface area contributed by atoms with E-state index in [1.807, 2.05) is 17.4 Å². The number of carbonyl (C=O) groups is 1. The highest BCUT2D eigenvalue weighted by atomic mass is 32.2. The number of hydrogen-bond acceptors (Lipinski definition) is 4. The van der Waals surface area contributed by atoms with Gasteiger partial charge >= 0.3 is 6.03 Å². The van der Waals surface area contributed by atoms with Gasteiger partial charge < -0.3 is 14.8 Å². The van der Waals surface area contributed by atoms with E-state index in [1.165, 1.54) is 10.6 Å². The molecule has 146 valence electrons. The first-order valence-electron chi connectivity index (χ1n) is 9.35. The summed E-state index contributed by atoms with van der Waals surface area (Å²) in [7, 11) is -3.14. The lowest BCUT2D eigenvalue weighted by Crippen LogP contribution is -2.48. The van der Waals surface area contributed by atoms with Crippen molar-refractivity contribution >= 4 is 16.1 Å². The van der Waals surface area contributed by atoms with Crippen LogP contribution in [-0.4, -0.2) is 72.2 Å². The highest BCUT2D eigenvalue weighted by Gasteiger charge is 2.27. The fourth-order valence-corrected chi connectivity index (χ4v) is 4.79. The Labute approximate surface area is 155 Å². The van der Waals surface area contributed by atoms with Crippen LogP contribution in [0.1, 0.15) is 25.7 Å². The lowest BCUT2D eigenvalue weighted by molar-refractivity contribution is 0.162. The van der Waals surface area contributed by atoms with Crippen molar-refractivity contribution in [2.24, 2.45) is 11.8 Å². The molecule has 1 atom stereocenters. The fourth-order valence-electron chi connectivity index (χ4n) is 3.85. The van der Waals surface area contributed by atoms with Crippen LogP contribution in [0.4, 0.5) is 4.79 Å². The van der Waals surface area contributed by atoms with Gasteiger partial charge in [-0.15, -0.1) is 0 Å². The van der Waals surface area contributed by atoms with E-state index in [-0.39, 0.29) is 11.9 Å². The maximum absolute atomic E-state index is 12.4. The number of piperidine rings is 2. The molecule has 0 unspecified atom stereocenters. The number of hydrogen-bond donors (Lipinski definition) is 1. The van der Waals surface area contributed by atoms with Crippen molar-refractivity contribution < 1.29 is 13.2 Å². The Morgan fingerprint density at radius 3 is 2.62 bits per heavy atom. The summed E-state index contributed by atoms with van der Waals surface area (Å²) in [6, 6.07) is -0.0254. The summed E-state index contributed by atoms with van der Waals surface area (Å²) in [4.78, 5) is 18.4. The van der Waals surface area contributed by atoms with Crippen molar-refractivity contribution in [1.29, 1.82) is 0 Å². The van der Waals surface area contributed by atoms with Crippen LogP contribution in [0.2, 0.25) is 0 Å². The number of imidazole rings is 1. The van der Waals surface area contributed by atoms with E-state index in [0.29, 0.717) is 25.6 Å². The Bertz CT molecular complexity index is 683. The van der Waals surface area contributed by atoms with E-state index in [1.54, 1.807) is 6.20 Å². The summed E-state index contributed by atoms with van der Waals surface area (Å²) >= 11 is 0. The molecule has 0 radical (unpaired) electrons. The Hall–Kier alpha value is -1.61. The number of amides is 2. The molecular formula is C17H29N5O3S. The molecule has 0 bridgehead atoms. The van der Waals surface area contributed by atoms with E-state index < -0.39 is 10.0 Å². The Kier molecular flexibility index (Phi) is 6.18. The van der Waals surface area contributed by atoms with Crippen molar-refractivity contribution in [3.05, 3.63) is 18.7 Å². The van der Waals surface area contributed by atoms with Crippen LogP contribution in [0, 0.1) is 11.8 Å². The molecule has 8 nitrogen and oxygen atoms in total. The minimum Gasteiger partial charge on any atom is -0.338 e. The van der Waals surface area contributed by atoms with Gasteiger partial charge in [0.25, 0.3) is 0 Å². The molecule has 2 aliphatic heterocycles. The molecule has 0 aromatic carbocycles. The number of carbonyl (C=O) groups excluding carboxylic acids is 1. The lowest BCUT2D eigenvalue weighted by Gasteiger charge is -2.34. The average molecular weight is 384 g/mol. The van der Waals surface area contributed by atoms with Crippen molar-refractivity contribution in [1.82, 2.24) is 24.1 Å². The lowest BCUT2D eigenvalue weighted by atomic mass is 9.97. The average Bonchev–Trinajstić information content (AvgIpc) is 3.13. The van der Waals surface area contributed by atoms with Crippen LogP contribution in [0.25, 0.3) is 0 Å². The van der Waals surface area contributed by atoms with Crippen molar-refractivity contribution in [3.8, 4) is 0 Å². The molecule has 3 rings (SSSR count). The van der Waals surface area contributed by atoms with Gasteiger partial charge in [0.1, 0.15) is 0 Å². The van der Waals surface area contributed by atoms with Gasteiger partial charge in [0, 0.05) is 51.7 Å². The summed E-state index contributed by atoms with van der Waals surface area (Å²) in [5, 5.41) is 3.00. The van der Waals surface area contributed by atoms with Gasteiger partial charge in [-0.05, 0) is 37.5 Å². The molecule has 2 aliphatic rings. The number of sulfonamides is 1. The van der Waals surface area contributed by atoms with E-state index in [9.17, 15) is 13.2 Å². The van der Waals surface area contributed by atoms with Crippen LogP contribution < -0.4 is 5.32 Å². The second-order valence-electron chi connectivity index (χ2n) is 7.51. The third kappa shape index (κ3) is 5.20. The molecule has 0 aliphatic carbocycles. The summed E-state index contributed by atoms with van der Waals surface area (Å²) in [6.45, 7) is 4.13. The van der Waals surface area contributed by atoms with Gasteiger partial charge in [-0.25, -0.2) is 22.5 Å². The molecule has 0 saturated carbocycles. The van der Waals surface area contributed by atoms with Gasteiger partial charge in [-0.2, -0.15) is 0 Å². The van der Waals surface area contributed by atoms with Gasteiger partial charge in [-0.1, -0.05) is 0 Å². The zero-order valence-corrected chi connectivity index (χ0v) is 16.2. The fraction of sp³-hybridized carbons (Fsp3) is 0.765. The predicted molar refractivity (Wildman–Crippen MR) is 99.1 cm³/mol. The van der Waals surface area contributed by atoms with E-state index in [4.69, 9.17) is 0 Å². The number of nitrogens with one attached hydrogen (secondary N) is 1. The van der Waals surface area contributed by atoms with E-state index in [2.05, 4.69) is 14.9 Å². The SMILES string of the molecule is CS(=O)(=O)N1CCC[C@@H](CNC(=O)N2CCC(Cn3ccnc3)CC2)C1. The first kappa shape index (κ1) is 19.2. The van der Waals surface area contributed by atoms with Crippen LogP contribution in [-0.2, 0) is 16.6 Å². The maximum Gasteiger partial charge on any atom is 0.317 e. The molecule has 2 amide bonds. The highest BCUT2D eigenvalue weighted by molar-refractivity contribution is 7.88. The maximum atomic E-state index is 12.4. The number of likely N-dealkylation sites (tertiary alicyclic amines) is 1. The van der Waals surface area contributed by atoms with E-state index >= 15 is 0 Å². The van der Waals surface area contributed by atoms with Crippen LogP contribution >= 0.6 is 0 Å². The second kappa shape index (κ2) is 8.39. The summed E-state index contributed by atoms with van der Waals surface area (Å²) in [6.07, 6.45) is 10.7. The number of nitrogens with zero attached hydrogens (tertiary/aromatic N) is 4. The molecule has 9 heteroatoms. The quantitative estimate of drug-likeness (QED) is 0.821. The smallest absolute Gasteiger partial charge is 0.317 e. The third-order valence-corrected chi connectivity index (χ3v) is 6.69. The van der Waals surface area contributed by atoms with Crippen molar-refractivity contribution in [2.75, 3.05) is 39.0 Å². The first-order chi connectivity index (χ1) is 12.4. The first-order valence-corrected chi connectivity index (χ1v) is 11.2. The normalized spacial score (nSPS) is 23.1. The van der Waals surface area contributed by atoms with Crippen LogP contribution in [0.15, 0.2) is 18.7 Å². The minimum atomic E-state index is -3.14. The highest BCUT2D eigenvalue weighted by Crippen LogP contribution is 2.20. The molecule has 26 heavy (non-hydrogen) atoms. The van der Waals surface area contributed by atoms with Gasteiger partial charge in [0.15, 0.2) is 0 Å². The summed E-state index contributed by atoms with van der Waals surface area (Å²) in [5.74, 6) is 0.774. The van der Waals surface area contributed by atoms with Gasteiger partial charge in [0.2, 0.25) is 10.0 Å². The number of urea groups is 1. The molecule has 2 saturated heterocycles. The Morgan fingerprint density at radius 1 is 1.19 bits per heavy atom. The molecule has 3 heterocycles. The van der Waals surface area contributed by atoms with Gasteiger partial charge in [0.05, 0.1) is 12.6 Å². The molecule has 2 fully saturated rings. The summed E-state index contributed by atoms with van der Waals surface area (Å²) in [5.41, 5.74) is 0. The molecule has 0 spiro atoms. The molecule has 1 N–H and O–H groups in total. The third-order valence-electron chi connectivity index (χ3n) is 5.42.